The van der Waals surface area contributed by atoms with Gasteiger partial charge in [0.2, 0.25) is 11.8 Å². The first kappa shape index (κ1) is 18.6. The average molecular weight is 364 g/mol. The Labute approximate surface area is 158 Å². The van der Waals surface area contributed by atoms with E-state index in [4.69, 9.17) is 0 Å². The molecule has 1 atom stereocenters. The molecular weight excluding hydrogens is 340 g/mol. The second kappa shape index (κ2) is 8.49. The summed E-state index contributed by atoms with van der Waals surface area (Å²) >= 11 is 0. The molecule has 3 aromatic rings. The van der Waals surface area contributed by atoms with Gasteiger partial charge in [-0.1, -0.05) is 24.3 Å². The van der Waals surface area contributed by atoms with Crippen molar-refractivity contribution in [2.75, 3.05) is 6.54 Å². The van der Waals surface area contributed by atoms with E-state index in [0.717, 1.165) is 27.7 Å². The molecule has 2 heterocycles. The highest BCUT2D eigenvalue weighted by molar-refractivity contribution is 5.89. The quantitative estimate of drug-likeness (QED) is 0.601. The van der Waals surface area contributed by atoms with Gasteiger partial charge in [-0.25, -0.2) is 0 Å². The Morgan fingerprint density at radius 2 is 2.00 bits per heavy atom. The van der Waals surface area contributed by atoms with Crippen LogP contribution in [0, 0.1) is 6.92 Å². The Morgan fingerprint density at radius 3 is 2.74 bits per heavy atom. The lowest BCUT2D eigenvalue weighted by Gasteiger charge is -2.17. The van der Waals surface area contributed by atoms with Gasteiger partial charge in [-0.3, -0.25) is 14.6 Å². The van der Waals surface area contributed by atoms with Crippen molar-refractivity contribution >= 4 is 22.7 Å². The van der Waals surface area contributed by atoms with Gasteiger partial charge in [-0.15, -0.1) is 0 Å². The van der Waals surface area contributed by atoms with Gasteiger partial charge < -0.3 is 15.6 Å². The highest BCUT2D eigenvalue weighted by Crippen LogP contribution is 2.19. The number of nitrogens with zero attached hydrogens (tertiary/aromatic N) is 1. The molecule has 0 fully saturated rings. The zero-order valence-electron chi connectivity index (χ0n) is 15.6. The minimum atomic E-state index is -0.613. The number of pyridine rings is 1. The van der Waals surface area contributed by atoms with E-state index in [0.29, 0.717) is 19.4 Å². The molecule has 3 N–H and O–H groups in total. The number of benzene rings is 1. The van der Waals surface area contributed by atoms with Crippen molar-refractivity contribution in [1.29, 1.82) is 0 Å². The number of nitrogens with one attached hydrogen (secondary N) is 3. The molecule has 0 saturated heterocycles. The minimum Gasteiger partial charge on any atom is -0.361 e. The van der Waals surface area contributed by atoms with Gasteiger partial charge in [0.15, 0.2) is 0 Å². The van der Waals surface area contributed by atoms with Crippen molar-refractivity contribution in [2.45, 2.75) is 32.7 Å². The normalized spacial score (nSPS) is 11.9. The van der Waals surface area contributed by atoms with Crippen LogP contribution >= 0.6 is 0 Å². The Kier molecular flexibility index (Phi) is 5.86. The lowest BCUT2D eigenvalue weighted by Crippen LogP contribution is -2.47. The molecule has 1 unspecified atom stereocenters. The van der Waals surface area contributed by atoms with Crippen molar-refractivity contribution in [3.63, 3.8) is 0 Å². The number of hydrogen-bond donors (Lipinski definition) is 3. The van der Waals surface area contributed by atoms with E-state index < -0.39 is 6.04 Å². The summed E-state index contributed by atoms with van der Waals surface area (Å²) in [5.74, 6) is -0.409. The Balaban J connectivity index is 1.63. The largest absolute Gasteiger partial charge is 0.361 e. The van der Waals surface area contributed by atoms with E-state index in [1.54, 1.807) is 0 Å². The first-order valence-electron chi connectivity index (χ1n) is 9.04. The van der Waals surface area contributed by atoms with Crippen molar-refractivity contribution in [1.82, 2.24) is 20.6 Å². The minimum absolute atomic E-state index is 0.185. The van der Waals surface area contributed by atoms with Gasteiger partial charge in [0.1, 0.15) is 6.04 Å². The van der Waals surface area contributed by atoms with Gasteiger partial charge >= 0.3 is 0 Å². The van der Waals surface area contributed by atoms with Crippen LogP contribution in [0.5, 0.6) is 0 Å². The highest BCUT2D eigenvalue weighted by atomic mass is 16.2. The lowest BCUT2D eigenvalue weighted by atomic mass is 10.0. The Hall–Kier alpha value is -3.15. The van der Waals surface area contributed by atoms with Crippen LogP contribution in [0.2, 0.25) is 0 Å². The number of aryl methyl sites for hydroxylation is 1. The zero-order chi connectivity index (χ0) is 19.2. The SMILES string of the molecule is CC(=O)NC(Cc1c[nH]c2ccccc12)C(=O)NCCc1ccc(C)nc1. The zero-order valence-corrected chi connectivity index (χ0v) is 15.6. The Bertz CT molecular complexity index is 931. The maximum Gasteiger partial charge on any atom is 0.242 e. The van der Waals surface area contributed by atoms with E-state index in [9.17, 15) is 9.59 Å². The molecule has 0 aliphatic rings. The van der Waals surface area contributed by atoms with Crippen LogP contribution < -0.4 is 10.6 Å². The number of amides is 2. The third-order valence-electron chi connectivity index (χ3n) is 4.48. The number of hydrogen-bond acceptors (Lipinski definition) is 3. The molecule has 27 heavy (non-hydrogen) atoms. The van der Waals surface area contributed by atoms with Crippen LogP contribution in [0.3, 0.4) is 0 Å². The van der Waals surface area contributed by atoms with Crippen LogP contribution in [0.1, 0.15) is 23.7 Å². The van der Waals surface area contributed by atoms with Gasteiger partial charge in [-0.2, -0.15) is 0 Å². The summed E-state index contributed by atoms with van der Waals surface area (Å²) in [4.78, 5) is 31.7. The summed E-state index contributed by atoms with van der Waals surface area (Å²) in [7, 11) is 0. The van der Waals surface area contributed by atoms with Crippen LogP contribution in [0.25, 0.3) is 10.9 Å². The molecule has 0 saturated carbocycles. The smallest absolute Gasteiger partial charge is 0.242 e. The van der Waals surface area contributed by atoms with Crippen LogP contribution in [-0.2, 0) is 22.4 Å². The monoisotopic (exact) mass is 364 g/mol. The number of aromatic nitrogens is 2. The Morgan fingerprint density at radius 1 is 1.19 bits per heavy atom. The molecule has 3 rings (SSSR count). The number of fused-ring (bicyclic) bond motifs is 1. The van der Waals surface area contributed by atoms with Gasteiger partial charge in [0.25, 0.3) is 0 Å². The summed E-state index contributed by atoms with van der Waals surface area (Å²) in [6.45, 7) is 3.86. The number of aromatic amines is 1. The van der Waals surface area contributed by atoms with Crippen LogP contribution in [-0.4, -0.2) is 34.4 Å². The summed E-state index contributed by atoms with van der Waals surface area (Å²) in [5, 5.41) is 6.74. The average Bonchev–Trinajstić information content (AvgIpc) is 3.05. The molecule has 0 spiro atoms. The first-order valence-corrected chi connectivity index (χ1v) is 9.04. The summed E-state index contributed by atoms with van der Waals surface area (Å²) in [5.41, 5.74) is 4.05. The molecule has 2 amide bonds. The molecule has 1 aromatic carbocycles. The fourth-order valence-corrected chi connectivity index (χ4v) is 3.07. The van der Waals surface area contributed by atoms with E-state index in [2.05, 4.69) is 20.6 Å². The van der Waals surface area contributed by atoms with Crippen LogP contribution in [0.4, 0.5) is 0 Å². The number of rotatable bonds is 7. The summed E-state index contributed by atoms with van der Waals surface area (Å²) in [6.07, 6.45) is 4.84. The lowest BCUT2D eigenvalue weighted by molar-refractivity contribution is -0.128. The van der Waals surface area contributed by atoms with E-state index in [1.807, 2.05) is 55.7 Å². The number of carbonyl (C=O) groups is 2. The first-order chi connectivity index (χ1) is 13.0. The topological polar surface area (TPSA) is 86.9 Å². The fourth-order valence-electron chi connectivity index (χ4n) is 3.07. The van der Waals surface area contributed by atoms with E-state index >= 15 is 0 Å². The molecule has 2 aromatic heterocycles. The fraction of sp³-hybridized carbons (Fsp3) is 0.286. The molecule has 0 bridgehead atoms. The number of para-hydroxylation sites is 1. The summed E-state index contributed by atoms with van der Waals surface area (Å²) < 4.78 is 0. The third kappa shape index (κ3) is 4.94. The standard InChI is InChI=1S/C21H24N4O2/c1-14-7-8-16(12-23-14)9-10-22-21(27)20(25-15(2)26)11-17-13-24-19-6-4-3-5-18(17)19/h3-8,12-13,20,24H,9-11H2,1-2H3,(H,22,27)(H,25,26). The predicted molar refractivity (Wildman–Crippen MR) is 105 cm³/mol. The molecule has 0 aliphatic heterocycles. The third-order valence-corrected chi connectivity index (χ3v) is 4.48. The van der Waals surface area contributed by atoms with Crippen molar-refractivity contribution < 1.29 is 9.59 Å². The van der Waals surface area contributed by atoms with Crippen molar-refractivity contribution in [3.05, 3.63) is 65.6 Å². The molecule has 6 nitrogen and oxygen atoms in total. The molecular formula is C21H24N4O2. The van der Waals surface area contributed by atoms with Crippen LogP contribution in [0.15, 0.2) is 48.8 Å². The second-order valence-corrected chi connectivity index (χ2v) is 6.67. The highest BCUT2D eigenvalue weighted by Gasteiger charge is 2.21. The second-order valence-electron chi connectivity index (χ2n) is 6.67. The predicted octanol–water partition coefficient (Wildman–Crippen LogP) is 2.28. The molecule has 6 heteroatoms. The molecule has 140 valence electrons. The van der Waals surface area contributed by atoms with Gasteiger partial charge in [-0.05, 0) is 36.6 Å². The number of H-pyrrole nitrogens is 1. The maximum atomic E-state index is 12.6. The molecule has 0 aliphatic carbocycles. The van der Waals surface area contributed by atoms with Crippen molar-refractivity contribution in [3.8, 4) is 0 Å². The van der Waals surface area contributed by atoms with E-state index in [-0.39, 0.29) is 11.8 Å². The maximum absolute atomic E-state index is 12.6. The van der Waals surface area contributed by atoms with Crippen molar-refractivity contribution in [2.24, 2.45) is 0 Å². The van der Waals surface area contributed by atoms with E-state index in [1.165, 1.54) is 6.92 Å². The number of carbonyl (C=O) groups excluding carboxylic acids is 2. The summed E-state index contributed by atoms with van der Waals surface area (Å²) in [6, 6.07) is 11.3. The van der Waals surface area contributed by atoms with Gasteiger partial charge in [0.05, 0.1) is 0 Å². The molecule has 0 radical (unpaired) electrons. The van der Waals surface area contributed by atoms with Gasteiger partial charge in [0, 0.05) is 48.9 Å².